The largest absolute Gasteiger partial charge is 0.446 e. The van der Waals surface area contributed by atoms with E-state index in [0.29, 0.717) is 0 Å². The molecule has 1 fully saturated rings. The van der Waals surface area contributed by atoms with Gasteiger partial charge in [0.15, 0.2) is 19.5 Å². The van der Waals surface area contributed by atoms with E-state index >= 15 is 0 Å². The van der Waals surface area contributed by atoms with Crippen molar-refractivity contribution in [2.45, 2.75) is 45.3 Å². The van der Waals surface area contributed by atoms with Crippen LogP contribution in [0.3, 0.4) is 0 Å². The fraction of sp³-hybridized carbons (Fsp3) is 0.692. The van der Waals surface area contributed by atoms with Crippen molar-refractivity contribution < 1.29 is 23.9 Å². The van der Waals surface area contributed by atoms with Gasteiger partial charge in [0, 0.05) is 19.4 Å². The number of hydrogen-bond donors (Lipinski definition) is 2. The lowest BCUT2D eigenvalue weighted by Gasteiger charge is -2.19. The second-order valence-corrected chi connectivity index (χ2v) is 5.35. The first-order chi connectivity index (χ1) is 9.86. The molecule has 0 spiro atoms. The van der Waals surface area contributed by atoms with Gasteiger partial charge in [0.05, 0.1) is 12.5 Å². The zero-order valence-corrected chi connectivity index (χ0v) is 12.6. The van der Waals surface area contributed by atoms with Crippen molar-refractivity contribution in [1.82, 2.24) is 10.5 Å². The van der Waals surface area contributed by atoms with Gasteiger partial charge in [-0.2, -0.15) is 0 Å². The molecule has 0 saturated heterocycles. The van der Waals surface area contributed by atoms with Crippen LogP contribution < -0.4 is 10.5 Å². The van der Waals surface area contributed by atoms with E-state index in [4.69, 9.17) is 4.74 Å². The Kier molecular flexibility index (Phi) is 6.55. The van der Waals surface area contributed by atoms with E-state index in [9.17, 15) is 19.2 Å². The van der Waals surface area contributed by atoms with Crippen LogP contribution >= 0.6 is 0 Å². The van der Waals surface area contributed by atoms with Gasteiger partial charge in [0.25, 0.3) is 0 Å². The summed E-state index contributed by atoms with van der Waals surface area (Å²) in [4.78, 5) is 46.0. The van der Waals surface area contributed by atoms with Gasteiger partial charge in [-0.3, -0.25) is 19.2 Å². The molecule has 1 saturated carbocycles. The van der Waals surface area contributed by atoms with Gasteiger partial charge in [-0.05, 0) is 5.92 Å². The van der Waals surface area contributed by atoms with Crippen molar-refractivity contribution in [1.29, 1.82) is 0 Å². The summed E-state index contributed by atoms with van der Waals surface area (Å²) in [7, 11) is 1.69. The maximum absolute atomic E-state index is 11.8. The van der Waals surface area contributed by atoms with Crippen LogP contribution in [0.15, 0.2) is 0 Å². The average molecular weight is 296 g/mol. The highest BCUT2D eigenvalue weighted by Crippen LogP contribution is 2.14. The number of amides is 1. The molecule has 0 aliphatic heterocycles. The third-order valence-corrected chi connectivity index (χ3v) is 3.34. The Bertz CT molecular complexity index is 422. The summed E-state index contributed by atoms with van der Waals surface area (Å²) in [6, 6.07) is -0.334. The molecule has 0 unspecified atom stereocenters. The number of carbonyl (C=O) groups excluding carboxylic acids is 4. The van der Waals surface area contributed by atoms with Gasteiger partial charge in [0.1, 0.15) is 0 Å². The Balaban J connectivity index is 2.32. The van der Waals surface area contributed by atoms with Crippen molar-refractivity contribution in [3.8, 4) is 0 Å². The lowest BCUT2D eigenvalue weighted by molar-refractivity contribution is -0.157. The Morgan fingerprint density at radius 1 is 1.29 bits per heavy atom. The standard InChI is InChI=1S/C13H21BN2O5/c1-7(2)11(16-14)13(20)15-6-5-10(19)21-12-8(17)3-4-9(12)18/h7,11-12,16H,3-6,14H2,1-2H3,(H,15,20)/t11-/m0/s1. The molecule has 1 atom stereocenters. The molecule has 7 nitrogen and oxygen atoms in total. The number of rotatable bonds is 7. The maximum Gasteiger partial charge on any atom is 0.308 e. The van der Waals surface area contributed by atoms with Crippen molar-refractivity contribution in [2.24, 2.45) is 5.92 Å². The predicted octanol–water partition coefficient (Wildman–Crippen LogP) is -1.50. The Morgan fingerprint density at radius 3 is 2.33 bits per heavy atom. The van der Waals surface area contributed by atoms with E-state index < -0.39 is 12.1 Å². The second kappa shape index (κ2) is 7.92. The van der Waals surface area contributed by atoms with Crippen LogP contribution in [0.1, 0.15) is 33.1 Å². The van der Waals surface area contributed by atoms with Crippen LogP contribution in [0.25, 0.3) is 0 Å². The van der Waals surface area contributed by atoms with E-state index in [2.05, 4.69) is 10.5 Å². The first kappa shape index (κ1) is 17.4. The molecule has 0 aromatic heterocycles. The highest BCUT2D eigenvalue weighted by Gasteiger charge is 2.35. The molecule has 0 aromatic rings. The first-order valence-electron chi connectivity index (χ1n) is 7.06. The molecule has 8 heteroatoms. The number of ketones is 2. The molecule has 21 heavy (non-hydrogen) atoms. The molecule has 0 bridgehead atoms. The van der Waals surface area contributed by atoms with E-state index in [0.717, 1.165) is 0 Å². The van der Waals surface area contributed by atoms with Gasteiger partial charge < -0.3 is 15.3 Å². The average Bonchev–Trinajstić information content (AvgIpc) is 2.71. The van der Waals surface area contributed by atoms with Crippen molar-refractivity contribution in [2.75, 3.05) is 6.54 Å². The Labute approximate surface area is 124 Å². The molecule has 2 N–H and O–H groups in total. The summed E-state index contributed by atoms with van der Waals surface area (Å²) in [5.74, 6) is -1.45. The van der Waals surface area contributed by atoms with Gasteiger partial charge in [0.2, 0.25) is 12.0 Å². The molecule has 0 radical (unpaired) electrons. The molecule has 1 aliphatic carbocycles. The topological polar surface area (TPSA) is 102 Å². The molecule has 1 amide bonds. The zero-order valence-electron chi connectivity index (χ0n) is 12.6. The highest BCUT2D eigenvalue weighted by molar-refractivity contribution is 6.12. The van der Waals surface area contributed by atoms with Crippen LogP contribution in [0.5, 0.6) is 0 Å². The van der Waals surface area contributed by atoms with Crippen molar-refractivity contribution in [3.05, 3.63) is 0 Å². The third-order valence-electron chi connectivity index (χ3n) is 3.34. The van der Waals surface area contributed by atoms with E-state index in [-0.39, 0.29) is 55.2 Å². The maximum atomic E-state index is 11.8. The monoisotopic (exact) mass is 296 g/mol. The van der Waals surface area contributed by atoms with Crippen molar-refractivity contribution in [3.63, 3.8) is 0 Å². The number of esters is 1. The van der Waals surface area contributed by atoms with Gasteiger partial charge in [-0.1, -0.05) is 13.8 Å². The van der Waals surface area contributed by atoms with Crippen LogP contribution in [-0.4, -0.2) is 50.1 Å². The van der Waals surface area contributed by atoms with Gasteiger partial charge >= 0.3 is 5.97 Å². The van der Waals surface area contributed by atoms with E-state index in [1.807, 2.05) is 13.8 Å². The fourth-order valence-electron chi connectivity index (χ4n) is 2.17. The molecular formula is C13H21BN2O5. The number of hydrogen-bond acceptors (Lipinski definition) is 6. The molecule has 1 rings (SSSR count). The molecule has 116 valence electrons. The molecular weight excluding hydrogens is 275 g/mol. The van der Waals surface area contributed by atoms with Gasteiger partial charge in [-0.15, -0.1) is 0 Å². The quantitative estimate of drug-likeness (QED) is 0.337. The Hall–Kier alpha value is -1.70. The summed E-state index contributed by atoms with van der Waals surface area (Å²) < 4.78 is 4.85. The summed E-state index contributed by atoms with van der Waals surface area (Å²) in [5, 5.41) is 5.51. The lowest BCUT2D eigenvalue weighted by Crippen LogP contribution is -2.47. The number of Topliss-reactive ketones (excluding diaryl/α,β-unsaturated/α-hetero) is 2. The van der Waals surface area contributed by atoms with Crippen LogP contribution in [-0.2, 0) is 23.9 Å². The van der Waals surface area contributed by atoms with Crippen LogP contribution in [0.2, 0.25) is 0 Å². The lowest BCUT2D eigenvalue weighted by atomic mass is 10.0. The van der Waals surface area contributed by atoms with Gasteiger partial charge in [-0.25, -0.2) is 0 Å². The summed E-state index contributed by atoms with van der Waals surface area (Å²) in [5.41, 5.74) is 0. The van der Waals surface area contributed by atoms with E-state index in [1.54, 1.807) is 7.98 Å². The number of ether oxygens (including phenoxy) is 1. The minimum atomic E-state index is -1.24. The Morgan fingerprint density at radius 2 is 1.86 bits per heavy atom. The second-order valence-electron chi connectivity index (χ2n) is 5.35. The van der Waals surface area contributed by atoms with Crippen LogP contribution in [0, 0.1) is 5.92 Å². The number of carbonyl (C=O) groups is 4. The number of nitrogens with one attached hydrogen (secondary N) is 2. The fourth-order valence-corrected chi connectivity index (χ4v) is 2.17. The molecule has 1 aliphatic rings. The summed E-state index contributed by atoms with van der Waals surface area (Å²) >= 11 is 0. The van der Waals surface area contributed by atoms with Crippen molar-refractivity contribution >= 4 is 31.4 Å². The minimum Gasteiger partial charge on any atom is -0.446 e. The third kappa shape index (κ3) is 4.97. The summed E-state index contributed by atoms with van der Waals surface area (Å²) in [6.07, 6.45) is -1.05. The molecule has 0 heterocycles. The smallest absolute Gasteiger partial charge is 0.308 e. The minimum absolute atomic E-state index is 0.0721. The summed E-state index contributed by atoms with van der Waals surface area (Å²) in [6.45, 7) is 3.93. The SMILES string of the molecule is BN[C@H](C(=O)NCCC(=O)OC1C(=O)CCC1=O)C(C)C. The van der Waals surface area contributed by atoms with E-state index in [1.165, 1.54) is 0 Å². The highest BCUT2D eigenvalue weighted by atomic mass is 16.6. The van der Waals surface area contributed by atoms with Crippen LogP contribution in [0.4, 0.5) is 0 Å². The molecule has 0 aromatic carbocycles. The first-order valence-corrected chi connectivity index (χ1v) is 7.06. The predicted molar refractivity (Wildman–Crippen MR) is 77.1 cm³/mol. The zero-order chi connectivity index (χ0) is 16.0. The normalized spacial score (nSPS) is 17.1.